The maximum Gasteiger partial charge on any atom is 0.418 e. The van der Waals surface area contributed by atoms with Crippen molar-refractivity contribution in [3.63, 3.8) is 0 Å². The molecule has 8 nitrogen and oxygen atoms in total. The fraction of sp³-hybridized carbons (Fsp3) is 0.185. The zero-order valence-electron chi connectivity index (χ0n) is 20.0. The topological polar surface area (TPSA) is 99.3 Å². The van der Waals surface area contributed by atoms with Crippen molar-refractivity contribution in [2.24, 2.45) is 0 Å². The second kappa shape index (κ2) is 9.89. The van der Waals surface area contributed by atoms with E-state index in [4.69, 9.17) is 14.2 Å². The molecule has 0 saturated carbocycles. The Bertz CT molecular complexity index is 1630. The lowest BCUT2D eigenvalue weighted by Crippen LogP contribution is -2.28. The van der Waals surface area contributed by atoms with E-state index in [-0.39, 0.29) is 29.5 Å². The molecule has 0 saturated heterocycles. The standard InChI is InChI=1S/C27H19F3N4O4/c1-36-20-3-4-22-17(9-20)6-7-34-23(22)11-25(33-26(34)35)37-15-16-2-5-24(18(8-16)12-31)38-21-10-19(13-32-14-21)27(28,29)30/h2-5,8-11,13-14H,6-7,15H2,1H3. The third-order valence-electron chi connectivity index (χ3n) is 6.00. The summed E-state index contributed by atoms with van der Waals surface area (Å²) in [4.78, 5) is 20.2. The van der Waals surface area contributed by atoms with E-state index >= 15 is 0 Å². The number of rotatable bonds is 6. The molecule has 2 aromatic carbocycles. The fourth-order valence-corrected chi connectivity index (χ4v) is 4.14. The molecule has 3 heterocycles. The van der Waals surface area contributed by atoms with Gasteiger partial charge in [-0.1, -0.05) is 6.07 Å². The Morgan fingerprint density at radius 3 is 2.68 bits per heavy atom. The number of nitrogens with zero attached hydrogens (tertiary/aromatic N) is 4. The van der Waals surface area contributed by atoms with Gasteiger partial charge in [0, 0.05) is 24.4 Å². The van der Waals surface area contributed by atoms with Crippen LogP contribution in [0.4, 0.5) is 13.2 Å². The molecular formula is C27H19F3N4O4. The van der Waals surface area contributed by atoms with Crippen LogP contribution in [0.25, 0.3) is 11.3 Å². The fourth-order valence-electron chi connectivity index (χ4n) is 4.14. The highest BCUT2D eigenvalue weighted by Gasteiger charge is 2.31. The van der Waals surface area contributed by atoms with E-state index in [2.05, 4.69) is 9.97 Å². The van der Waals surface area contributed by atoms with Crippen molar-refractivity contribution < 1.29 is 27.4 Å². The lowest BCUT2D eigenvalue weighted by atomic mass is 9.97. The molecule has 0 radical (unpaired) electrons. The number of halogens is 3. The van der Waals surface area contributed by atoms with Gasteiger partial charge in [-0.15, -0.1) is 0 Å². The number of alkyl halides is 3. The van der Waals surface area contributed by atoms with Crippen LogP contribution in [-0.2, 0) is 25.7 Å². The number of ether oxygens (including phenoxy) is 3. The number of hydrogen-bond donors (Lipinski definition) is 0. The van der Waals surface area contributed by atoms with Gasteiger partial charge >= 0.3 is 11.9 Å². The number of aromatic nitrogens is 3. The molecule has 1 aliphatic heterocycles. The molecule has 4 aromatic rings. The predicted molar refractivity (Wildman–Crippen MR) is 129 cm³/mol. The highest BCUT2D eigenvalue weighted by molar-refractivity contribution is 5.67. The van der Waals surface area contributed by atoms with Crippen LogP contribution in [0.3, 0.4) is 0 Å². The molecular weight excluding hydrogens is 501 g/mol. The maximum absolute atomic E-state index is 13.0. The van der Waals surface area contributed by atoms with Gasteiger partial charge in [-0.25, -0.2) is 4.79 Å². The van der Waals surface area contributed by atoms with Crippen LogP contribution in [0.5, 0.6) is 23.1 Å². The minimum absolute atomic E-state index is 0.00849. The first-order valence-corrected chi connectivity index (χ1v) is 11.4. The summed E-state index contributed by atoms with van der Waals surface area (Å²) in [5.74, 6) is 0.764. The molecule has 11 heteroatoms. The van der Waals surface area contributed by atoms with E-state index < -0.39 is 17.4 Å². The molecule has 0 atom stereocenters. The SMILES string of the molecule is COc1ccc2c(c1)CCn1c-2cc(OCc2ccc(Oc3cncc(C(F)(F)F)c3)c(C#N)c2)nc1=O. The number of aryl methyl sites for hydroxylation is 1. The zero-order chi connectivity index (χ0) is 26.9. The van der Waals surface area contributed by atoms with Crippen LogP contribution >= 0.6 is 0 Å². The summed E-state index contributed by atoms with van der Waals surface area (Å²) in [5, 5.41) is 9.56. The highest BCUT2D eigenvalue weighted by atomic mass is 19.4. The highest BCUT2D eigenvalue weighted by Crippen LogP contribution is 2.34. The summed E-state index contributed by atoms with van der Waals surface area (Å²) in [7, 11) is 1.60. The summed E-state index contributed by atoms with van der Waals surface area (Å²) in [6.45, 7) is 0.474. The Hall–Kier alpha value is -4.85. The summed E-state index contributed by atoms with van der Waals surface area (Å²) in [6.07, 6.45) is -2.09. The van der Waals surface area contributed by atoms with Crippen LogP contribution in [0.15, 0.2) is 65.7 Å². The van der Waals surface area contributed by atoms with Gasteiger partial charge in [-0.3, -0.25) is 9.55 Å². The van der Waals surface area contributed by atoms with Crippen molar-refractivity contribution in [3.8, 4) is 40.5 Å². The van der Waals surface area contributed by atoms with Crippen molar-refractivity contribution in [1.29, 1.82) is 5.26 Å². The molecule has 0 bridgehead atoms. The minimum Gasteiger partial charge on any atom is -0.497 e. The molecule has 2 aromatic heterocycles. The van der Waals surface area contributed by atoms with Gasteiger partial charge in [0.2, 0.25) is 5.88 Å². The third-order valence-corrected chi connectivity index (χ3v) is 6.00. The lowest BCUT2D eigenvalue weighted by molar-refractivity contribution is -0.137. The average Bonchev–Trinajstić information content (AvgIpc) is 2.91. The van der Waals surface area contributed by atoms with Crippen molar-refractivity contribution in [3.05, 3.63) is 93.7 Å². The number of methoxy groups -OCH3 is 1. The van der Waals surface area contributed by atoms with E-state index in [1.54, 1.807) is 23.8 Å². The van der Waals surface area contributed by atoms with E-state index in [1.165, 1.54) is 12.1 Å². The van der Waals surface area contributed by atoms with Crippen LogP contribution in [-0.4, -0.2) is 21.6 Å². The van der Waals surface area contributed by atoms with Crippen molar-refractivity contribution in [2.75, 3.05) is 7.11 Å². The first-order chi connectivity index (χ1) is 18.2. The van der Waals surface area contributed by atoms with Crippen molar-refractivity contribution in [2.45, 2.75) is 25.7 Å². The van der Waals surface area contributed by atoms with E-state index in [0.29, 0.717) is 30.4 Å². The summed E-state index contributed by atoms with van der Waals surface area (Å²) in [5.41, 5.74) is 1.87. The monoisotopic (exact) mass is 520 g/mol. The molecule has 0 amide bonds. The summed E-state index contributed by atoms with van der Waals surface area (Å²) in [6, 6.07) is 14.7. The Morgan fingerprint density at radius 2 is 1.92 bits per heavy atom. The molecule has 0 fully saturated rings. The largest absolute Gasteiger partial charge is 0.497 e. The molecule has 0 spiro atoms. The molecule has 1 aliphatic rings. The number of hydrogen-bond acceptors (Lipinski definition) is 7. The normalized spacial score (nSPS) is 12.2. The van der Waals surface area contributed by atoms with Gasteiger partial charge in [0.1, 0.15) is 29.9 Å². The maximum atomic E-state index is 13.0. The van der Waals surface area contributed by atoms with Crippen LogP contribution in [0, 0.1) is 11.3 Å². The van der Waals surface area contributed by atoms with Crippen LogP contribution in [0.2, 0.25) is 0 Å². The Labute approximate surface area is 214 Å². The average molecular weight is 520 g/mol. The number of fused-ring (bicyclic) bond motifs is 3. The second-order valence-electron chi connectivity index (χ2n) is 8.43. The smallest absolute Gasteiger partial charge is 0.418 e. The van der Waals surface area contributed by atoms with E-state index in [9.17, 15) is 23.2 Å². The first kappa shape index (κ1) is 24.8. The van der Waals surface area contributed by atoms with Crippen molar-refractivity contribution in [1.82, 2.24) is 14.5 Å². The first-order valence-electron chi connectivity index (χ1n) is 11.4. The Morgan fingerprint density at radius 1 is 1.08 bits per heavy atom. The van der Waals surface area contributed by atoms with Gasteiger partial charge in [-0.2, -0.15) is 23.4 Å². The Balaban J connectivity index is 1.35. The molecule has 192 valence electrons. The number of benzene rings is 2. The number of nitriles is 1. The van der Waals surface area contributed by atoms with Gasteiger partial charge < -0.3 is 14.2 Å². The van der Waals surface area contributed by atoms with E-state index in [0.717, 1.165) is 29.1 Å². The Kier molecular flexibility index (Phi) is 6.46. The second-order valence-corrected chi connectivity index (χ2v) is 8.43. The van der Waals surface area contributed by atoms with E-state index in [1.807, 2.05) is 24.3 Å². The van der Waals surface area contributed by atoms with Gasteiger partial charge in [0.15, 0.2) is 0 Å². The molecule has 38 heavy (non-hydrogen) atoms. The van der Waals surface area contributed by atoms with Gasteiger partial charge in [0.25, 0.3) is 0 Å². The third kappa shape index (κ3) is 5.01. The minimum atomic E-state index is -4.58. The zero-order valence-corrected chi connectivity index (χ0v) is 20.0. The van der Waals surface area contributed by atoms with Crippen molar-refractivity contribution >= 4 is 0 Å². The molecule has 5 rings (SSSR count). The molecule has 0 N–H and O–H groups in total. The van der Waals surface area contributed by atoms with Crippen LogP contribution in [0.1, 0.15) is 22.3 Å². The van der Waals surface area contributed by atoms with Crippen LogP contribution < -0.4 is 19.9 Å². The number of pyridine rings is 1. The quantitative estimate of drug-likeness (QED) is 0.348. The lowest BCUT2D eigenvalue weighted by Gasteiger charge is -2.22. The molecule has 0 aliphatic carbocycles. The van der Waals surface area contributed by atoms with Gasteiger partial charge in [0.05, 0.1) is 30.1 Å². The summed E-state index contributed by atoms with van der Waals surface area (Å²) < 4.78 is 57.0. The molecule has 0 unspecified atom stereocenters. The predicted octanol–water partition coefficient (Wildman–Crippen LogP) is 5.13. The van der Waals surface area contributed by atoms with Gasteiger partial charge in [-0.05, 0) is 53.9 Å². The summed E-state index contributed by atoms with van der Waals surface area (Å²) >= 11 is 0.